The molecular formula is C24H17O3PS. The quantitative estimate of drug-likeness (QED) is 0.416. The van der Waals surface area contributed by atoms with Crippen LogP contribution in [0.4, 0.5) is 0 Å². The zero-order valence-electron chi connectivity index (χ0n) is 15.4. The Balaban J connectivity index is 1.79. The van der Waals surface area contributed by atoms with E-state index in [0.717, 1.165) is 0 Å². The minimum absolute atomic E-state index is 0.225. The van der Waals surface area contributed by atoms with Gasteiger partial charge in [-0.3, -0.25) is 0 Å². The number of sulfone groups is 1. The van der Waals surface area contributed by atoms with Crippen LogP contribution in [-0.2, 0) is 14.4 Å². The van der Waals surface area contributed by atoms with Crippen molar-refractivity contribution < 1.29 is 13.0 Å². The molecule has 3 nitrogen and oxygen atoms in total. The summed E-state index contributed by atoms with van der Waals surface area (Å²) < 4.78 is 40.8. The van der Waals surface area contributed by atoms with E-state index in [1.54, 1.807) is 30.3 Å². The first-order valence-corrected chi connectivity index (χ1v) is 12.4. The summed E-state index contributed by atoms with van der Waals surface area (Å²) in [6, 6.07) is 30.7. The molecular weight excluding hydrogens is 399 g/mol. The number of benzene rings is 4. The first-order chi connectivity index (χ1) is 14.0. The summed E-state index contributed by atoms with van der Waals surface area (Å²) in [7, 11) is -6.86. The summed E-state index contributed by atoms with van der Waals surface area (Å²) in [5.41, 5.74) is 1.36. The highest BCUT2D eigenvalue weighted by atomic mass is 32.2. The van der Waals surface area contributed by atoms with E-state index in [4.69, 9.17) is 0 Å². The average molecular weight is 416 g/mol. The molecule has 0 unspecified atom stereocenters. The normalized spacial score (nSPS) is 14.2. The summed E-state index contributed by atoms with van der Waals surface area (Å²) in [6.45, 7) is 0. The first kappa shape index (κ1) is 18.1. The van der Waals surface area contributed by atoms with Gasteiger partial charge in [0.05, 0.1) is 9.79 Å². The Labute approximate surface area is 170 Å². The Kier molecular flexibility index (Phi) is 4.09. The molecule has 4 aromatic rings. The van der Waals surface area contributed by atoms with E-state index in [1.165, 1.54) is 0 Å². The molecule has 0 saturated heterocycles. The van der Waals surface area contributed by atoms with Crippen LogP contribution in [0.3, 0.4) is 0 Å². The van der Waals surface area contributed by atoms with Crippen LogP contribution in [-0.4, -0.2) is 8.42 Å². The largest absolute Gasteiger partial charge is 0.309 e. The zero-order valence-corrected chi connectivity index (χ0v) is 17.1. The van der Waals surface area contributed by atoms with Gasteiger partial charge in [0.25, 0.3) is 0 Å². The Morgan fingerprint density at radius 3 is 1.66 bits per heavy atom. The lowest BCUT2D eigenvalue weighted by atomic mass is 10.1. The van der Waals surface area contributed by atoms with Crippen molar-refractivity contribution in [2.75, 3.05) is 0 Å². The Hall–Kier alpha value is -2.94. The highest BCUT2D eigenvalue weighted by Gasteiger charge is 2.36. The van der Waals surface area contributed by atoms with Crippen molar-refractivity contribution in [3.63, 3.8) is 0 Å². The Morgan fingerprint density at radius 2 is 1.03 bits per heavy atom. The first-order valence-electron chi connectivity index (χ1n) is 9.23. The fourth-order valence-electron chi connectivity index (χ4n) is 3.92. The minimum atomic E-state index is -3.63. The summed E-state index contributed by atoms with van der Waals surface area (Å²) in [5, 5.41) is 1.88. The fraction of sp³-hybridized carbons (Fsp3) is 0. The lowest BCUT2D eigenvalue weighted by Crippen LogP contribution is -2.25. The summed E-state index contributed by atoms with van der Waals surface area (Å²) >= 11 is 0. The molecule has 0 aromatic heterocycles. The van der Waals surface area contributed by atoms with Crippen molar-refractivity contribution in [2.45, 2.75) is 9.79 Å². The van der Waals surface area contributed by atoms with Crippen LogP contribution < -0.4 is 15.9 Å². The van der Waals surface area contributed by atoms with Crippen LogP contribution in [0.1, 0.15) is 0 Å². The average Bonchev–Trinajstić information content (AvgIpc) is 3.01. The third kappa shape index (κ3) is 2.64. The van der Waals surface area contributed by atoms with Gasteiger partial charge < -0.3 is 4.57 Å². The maximum Gasteiger partial charge on any atom is 0.207 e. The number of hydrogen-bond donors (Lipinski definition) is 0. The highest BCUT2D eigenvalue weighted by molar-refractivity contribution is 7.92. The molecule has 0 fully saturated rings. The molecule has 0 radical (unpaired) electrons. The zero-order chi connectivity index (χ0) is 20.1. The second-order valence-corrected chi connectivity index (χ2v) is 11.6. The molecule has 1 aliphatic rings. The second kappa shape index (κ2) is 6.55. The molecule has 1 aliphatic heterocycles. The van der Waals surface area contributed by atoms with Crippen LogP contribution in [0, 0.1) is 0 Å². The van der Waals surface area contributed by atoms with Gasteiger partial charge in [-0.05, 0) is 12.1 Å². The molecule has 4 aromatic carbocycles. The third-order valence-corrected chi connectivity index (χ3v) is 10.2. The van der Waals surface area contributed by atoms with Crippen LogP contribution in [0.5, 0.6) is 0 Å². The van der Waals surface area contributed by atoms with Crippen molar-refractivity contribution in [3.8, 4) is 11.1 Å². The summed E-state index contributed by atoms with van der Waals surface area (Å²) in [6.07, 6.45) is 0. The van der Waals surface area contributed by atoms with Crippen LogP contribution >= 0.6 is 7.14 Å². The van der Waals surface area contributed by atoms with Gasteiger partial charge in [-0.25, -0.2) is 8.42 Å². The topological polar surface area (TPSA) is 51.2 Å². The van der Waals surface area contributed by atoms with E-state index in [1.807, 2.05) is 72.8 Å². The fourth-order valence-corrected chi connectivity index (χ4v) is 8.39. The third-order valence-electron chi connectivity index (χ3n) is 5.32. The van der Waals surface area contributed by atoms with E-state index in [2.05, 4.69) is 0 Å². The number of rotatable bonds is 3. The second-order valence-electron chi connectivity index (χ2n) is 6.96. The van der Waals surface area contributed by atoms with Gasteiger partial charge >= 0.3 is 0 Å². The highest BCUT2D eigenvalue weighted by Crippen LogP contribution is 2.47. The van der Waals surface area contributed by atoms with E-state index in [-0.39, 0.29) is 4.90 Å². The van der Waals surface area contributed by atoms with Crippen molar-refractivity contribution in [1.82, 2.24) is 0 Å². The van der Waals surface area contributed by atoms with E-state index in [0.29, 0.717) is 31.9 Å². The molecule has 0 aliphatic carbocycles. The molecule has 5 heteroatoms. The summed E-state index contributed by atoms with van der Waals surface area (Å²) in [4.78, 5) is 0.532. The Bertz CT molecular complexity index is 1330. The Morgan fingerprint density at radius 1 is 0.517 bits per heavy atom. The molecule has 0 spiro atoms. The number of hydrogen-bond acceptors (Lipinski definition) is 3. The van der Waals surface area contributed by atoms with Gasteiger partial charge in [0.1, 0.15) is 0 Å². The molecule has 0 bridgehead atoms. The minimum Gasteiger partial charge on any atom is -0.309 e. The maximum atomic E-state index is 14.5. The van der Waals surface area contributed by atoms with Crippen molar-refractivity contribution in [1.29, 1.82) is 0 Å². The van der Waals surface area contributed by atoms with Gasteiger partial charge in [0.15, 0.2) is 7.14 Å². The van der Waals surface area contributed by atoms with Gasteiger partial charge in [-0.1, -0.05) is 91.0 Å². The lowest BCUT2D eigenvalue weighted by Gasteiger charge is -2.20. The van der Waals surface area contributed by atoms with Crippen molar-refractivity contribution >= 4 is 32.9 Å². The van der Waals surface area contributed by atoms with Crippen molar-refractivity contribution in [3.05, 3.63) is 103 Å². The molecule has 0 saturated carbocycles. The maximum absolute atomic E-state index is 14.5. The molecule has 142 valence electrons. The van der Waals surface area contributed by atoms with Gasteiger partial charge in [-0.2, -0.15) is 0 Å². The predicted octanol–water partition coefficient (Wildman–Crippen LogP) is 4.14. The van der Waals surface area contributed by atoms with Crippen molar-refractivity contribution in [2.24, 2.45) is 0 Å². The van der Waals surface area contributed by atoms with E-state index >= 15 is 0 Å². The standard InChI is InChI=1S/C24H17O3PS/c25-28(18-9-3-1-4-10-18,19-11-5-2-6-12-19)20-15-16-22-21-13-7-8-14-23(21)29(26,27)24(22)17-20/h1-17H. The molecule has 0 amide bonds. The smallest absolute Gasteiger partial charge is 0.207 e. The molecule has 29 heavy (non-hydrogen) atoms. The molecule has 0 atom stereocenters. The van der Waals surface area contributed by atoms with Crippen LogP contribution in [0.15, 0.2) is 113 Å². The molecule has 1 heterocycles. The SMILES string of the molecule is O=P(c1ccccc1)(c1ccccc1)c1ccc2c(c1)S(=O)(=O)c1ccccc1-2. The summed E-state index contributed by atoms with van der Waals surface area (Å²) in [5.74, 6) is 0. The lowest BCUT2D eigenvalue weighted by molar-refractivity contribution is 0.592. The van der Waals surface area contributed by atoms with Crippen LogP contribution in [0.2, 0.25) is 0 Å². The number of fused-ring (bicyclic) bond motifs is 3. The van der Waals surface area contributed by atoms with Gasteiger partial charge in [0, 0.05) is 27.0 Å². The van der Waals surface area contributed by atoms with Crippen LogP contribution in [0.25, 0.3) is 11.1 Å². The van der Waals surface area contributed by atoms with E-state index in [9.17, 15) is 13.0 Å². The van der Waals surface area contributed by atoms with E-state index < -0.39 is 17.0 Å². The molecule has 5 rings (SSSR count). The van der Waals surface area contributed by atoms with Gasteiger partial charge in [0.2, 0.25) is 9.84 Å². The molecule has 0 N–H and O–H groups in total. The predicted molar refractivity (Wildman–Crippen MR) is 117 cm³/mol. The monoisotopic (exact) mass is 416 g/mol. The van der Waals surface area contributed by atoms with Gasteiger partial charge in [-0.15, -0.1) is 0 Å².